The Kier molecular flexibility index (Phi) is 3.46. The summed E-state index contributed by atoms with van der Waals surface area (Å²) in [7, 11) is 1.75. The fourth-order valence-corrected chi connectivity index (χ4v) is 2.29. The molecule has 2 aromatic rings. The van der Waals surface area contributed by atoms with Gasteiger partial charge in [-0.15, -0.1) is 0 Å². The van der Waals surface area contributed by atoms with Crippen molar-refractivity contribution in [2.45, 2.75) is 18.9 Å². The lowest BCUT2D eigenvalue weighted by Crippen LogP contribution is -2.38. The molecule has 0 atom stereocenters. The first-order valence-electron chi connectivity index (χ1n) is 6.55. The monoisotopic (exact) mass is 275 g/mol. The number of nitrogens with two attached hydrogens (primary N) is 1. The highest BCUT2D eigenvalue weighted by Gasteiger charge is 2.21. The minimum Gasteiger partial charge on any atom is -0.381 e. The minimum absolute atomic E-state index is 0.203. The van der Waals surface area contributed by atoms with Crippen molar-refractivity contribution in [1.82, 2.24) is 24.7 Å². The van der Waals surface area contributed by atoms with Crippen molar-refractivity contribution in [1.29, 1.82) is 0 Å². The van der Waals surface area contributed by atoms with Crippen LogP contribution in [0.3, 0.4) is 0 Å². The van der Waals surface area contributed by atoms with Gasteiger partial charge in [0.15, 0.2) is 0 Å². The van der Waals surface area contributed by atoms with Gasteiger partial charge in [-0.25, -0.2) is 4.68 Å². The largest absolute Gasteiger partial charge is 0.381 e. The molecule has 0 amide bonds. The Morgan fingerprint density at radius 1 is 1.20 bits per heavy atom. The number of nitrogen functional groups attached to an aromatic ring is 1. The number of anilines is 2. The van der Waals surface area contributed by atoms with Crippen molar-refractivity contribution in [3.8, 4) is 5.95 Å². The number of rotatable bonds is 3. The molecule has 1 saturated heterocycles. The average molecular weight is 275 g/mol. The Morgan fingerprint density at radius 3 is 2.60 bits per heavy atom. The molecular weight excluding hydrogens is 258 g/mol. The van der Waals surface area contributed by atoms with E-state index < -0.39 is 0 Å². The van der Waals surface area contributed by atoms with Crippen LogP contribution in [0.2, 0.25) is 0 Å². The molecule has 1 aliphatic heterocycles. The van der Waals surface area contributed by atoms with E-state index in [1.165, 1.54) is 0 Å². The Hall–Kier alpha value is -2.22. The van der Waals surface area contributed by atoms with Crippen LogP contribution in [0.1, 0.15) is 12.8 Å². The molecule has 3 heterocycles. The zero-order valence-electron chi connectivity index (χ0n) is 11.3. The zero-order chi connectivity index (χ0) is 13.9. The summed E-state index contributed by atoms with van der Waals surface area (Å²) in [6.07, 6.45) is 5.67. The summed E-state index contributed by atoms with van der Waals surface area (Å²) in [4.78, 5) is 14.9. The van der Waals surface area contributed by atoms with Gasteiger partial charge < -0.3 is 15.4 Å². The van der Waals surface area contributed by atoms with E-state index in [0.29, 0.717) is 18.0 Å². The zero-order valence-corrected chi connectivity index (χ0v) is 11.3. The van der Waals surface area contributed by atoms with Crippen LogP contribution < -0.4 is 10.6 Å². The molecule has 3 rings (SSSR count). The summed E-state index contributed by atoms with van der Waals surface area (Å²) in [5.41, 5.74) is 5.77. The highest BCUT2D eigenvalue weighted by molar-refractivity contribution is 5.38. The van der Waals surface area contributed by atoms with Gasteiger partial charge in [0, 0.05) is 32.6 Å². The first kappa shape index (κ1) is 12.8. The van der Waals surface area contributed by atoms with Crippen LogP contribution in [0.4, 0.5) is 11.9 Å². The van der Waals surface area contributed by atoms with Gasteiger partial charge in [0.05, 0.1) is 6.10 Å². The first-order chi connectivity index (χ1) is 9.76. The maximum absolute atomic E-state index is 5.77. The third-order valence-corrected chi connectivity index (χ3v) is 3.40. The maximum Gasteiger partial charge on any atom is 0.257 e. The molecule has 0 aromatic carbocycles. The van der Waals surface area contributed by atoms with E-state index in [0.717, 1.165) is 25.9 Å². The van der Waals surface area contributed by atoms with E-state index >= 15 is 0 Å². The van der Waals surface area contributed by atoms with Gasteiger partial charge in [-0.05, 0) is 18.9 Å². The van der Waals surface area contributed by atoms with Crippen molar-refractivity contribution in [2.75, 3.05) is 30.8 Å². The third kappa shape index (κ3) is 2.55. The number of aromatic nitrogens is 5. The Labute approximate surface area is 116 Å². The fourth-order valence-electron chi connectivity index (χ4n) is 2.29. The molecule has 0 spiro atoms. The van der Waals surface area contributed by atoms with Crippen LogP contribution in [-0.4, -0.2) is 51.0 Å². The van der Waals surface area contributed by atoms with Gasteiger partial charge in [0.2, 0.25) is 11.9 Å². The van der Waals surface area contributed by atoms with Crippen molar-refractivity contribution in [3.63, 3.8) is 0 Å². The molecule has 106 valence electrons. The number of piperidine rings is 1. The topological polar surface area (TPSA) is 95.0 Å². The maximum atomic E-state index is 5.77. The van der Waals surface area contributed by atoms with Gasteiger partial charge in [-0.2, -0.15) is 20.1 Å². The molecule has 20 heavy (non-hydrogen) atoms. The highest BCUT2D eigenvalue weighted by Crippen LogP contribution is 2.18. The van der Waals surface area contributed by atoms with E-state index in [4.69, 9.17) is 10.5 Å². The quantitative estimate of drug-likeness (QED) is 0.858. The van der Waals surface area contributed by atoms with Crippen molar-refractivity contribution >= 4 is 11.9 Å². The molecule has 0 aliphatic carbocycles. The standard InChI is InChI=1S/C12H17N7O/c1-20-9-3-7-18(8-4-9)11-15-10(13)16-12(17-11)19-6-2-5-14-19/h2,5-6,9H,3-4,7-8H2,1H3,(H2,13,15,16,17). The number of hydrogen-bond donors (Lipinski definition) is 1. The molecule has 0 saturated carbocycles. The van der Waals surface area contributed by atoms with E-state index in [-0.39, 0.29) is 5.95 Å². The molecule has 0 unspecified atom stereocenters. The van der Waals surface area contributed by atoms with Crippen LogP contribution >= 0.6 is 0 Å². The van der Waals surface area contributed by atoms with Crippen LogP contribution in [0.5, 0.6) is 0 Å². The van der Waals surface area contributed by atoms with Gasteiger partial charge >= 0.3 is 0 Å². The predicted molar refractivity (Wildman–Crippen MR) is 73.6 cm³/mol. The average Bonchev–Trinajstić information content (AvgIpc) is 3.01. The molecule has 0 radical (unpaired) electrons. The van der Waals surface area contributed by atoms with E-state index in [9.17, 15) is 0 Å². The van der Waals surface area contributed by atoms with Gasteiger partial charge in [0.25, 0.3) is 5.95 Å². The molecule has 0 bridgehead atoms. The van der Waals surface area contributed by atoms with Crippen LogP contribution in [0, 0.1) is 0 Å². The summed E-state index contributed by atoms with van der Waals surface area (Å²) >= 11 is 0. The second-order valence-electron chi connectivity index (χ2n) is 4.67. The Balaban J connectivity index is 1.83. The van der Waals surface area contributed by atoms with Crippen molar-refractivity contribution in [2.24, 2.45) is 0 Å². The van der Waals surface area contributed by atoms with E-state index in [1.807, 2.05) is 6.07 Å². The first-order valence-corrected chi connectivity index (χ1v) is 6.55. The molecule has 1 fully saturated rings. The molecule has 8 nitrogen and oxygen atoms in total. The third-order valence-electron chi connectivity index (χ3n) is 3.40. The molecule has 2 aromatic heterocycles. The number of ether oxygens (including phenoxy) is 1. The second kappa shape index (κ2) is 5.41. The summed E-state index contributed by atoms with van der Waals surface area (Å²) in [6.45, 7) is 1.70. The number of methoxy groups -OCH3 is 1. The molecular formula is C12H17N7O. The van der Waals surface area contributed by atoms with Crippen molar-refractivity contribution < 1.29 is 4.74 Å². The van der Waals surface area contributed by atoms with E-state index in [1.54, 1.807) is 24.2 Å². The summed E-state index contributed by atoms with van der Waals surface area (Å²) in [6, 6.07) is 1.81. The normalized spacial score (nSPS) is 16.6. The minimum atomic E-state index is 0.203. The van der Waals surface area contributed by atoms with Crippen molar-refractivity contribution in [3.05, 3.63) is 18.5 Å². The van der Waals surface area contributed by atoms with Gasteiger partial charge in [-0.3, -0.25) is 0 Å². The summed E-state index contributed by atoms with van der Waals surface area (Å²) in [5.74, 6) is 1.23. The van der Waals surface area contributed by atoms with Crippen LogP contribution in [0.25, 0.3) is 5.95 Å². The predicted octanol–water partition coefficient (Wildman–Crippen LogP) is 0.255. The van der Waals surface area contributed by atoms with Crippen LogP contribution in [-0.2, 0) is 4.74 Å². The molecule has 2 N–H and O–H groups in total. The molecule has 8 heteroatoms. The Morgan fingerprint density at radius 2 is 1.95 bits per heavy atom. The summed E-state index contributed by atoms with van der Waals surface area (Å²) < 4.78 is 6.94. The van der Waals surface area contributed by atoms with E-state index in [2.05, 4.69) is 25.0 Å². The molecule has 1 aliphatic rings. The Bertz CT molecular complexity index is 563. The fraction of sp³-hybridized carbons (Fsp3) is 0.500. The smallest absolute Gasteiger partial charge is 0.257 e. The lowest BCUT2D eigenvalue weighted by molar-refractivity contribution is 0.0816. The number of nitrogens with zero attached hydrogens (tertiary/aromatic N) is 6. The SMILES string of the molecule is COC1CCN(c2nc(N)nc(-n3cccn3)n2)CC1. The van der Waals surface area contributed by atoms with Gasteiger partial charge in [0.1, 0.15) is 0 Å². The lowest BCUT2D eigenvalue weighted by Gasteiger charge is -2.31. The van der Waals surface area contributed by atoms with Gasteiger partial charge in [-0.1, -0.05) is 0 Å². The lowest BCUT2D eigenvalue weighted by atomic mass is 10.1. The van der Waals surface area contributed by atoms with Crippen LogP contribution in [0.15, 0.2) is 18.5 Å². The highest BCUT2D eigenvalue weighted by atomic mass is 16.5. The number of hydrogen-bond acceptors (Lipinski definition) is 7. The summed E-state index contributed by atoms with van der Waals surface area (Å²) in [5, 5.41) is 4.11. The second-order valence-corrected chi connectivity index (χ2v) is 4.67.